The second kappa shape index (κ2) is 4.02. The van der Waals surface area contributed by atoms with Crippen LogP contribution in [-0.4, -0.2) is 32.9 Å². The number of carbonyl (C=O) groups is 1. The van der Waals surface area contributed by atoms with E-state index in [0.29, 0.717) is 18.0 Å². The minimum absolute atomic E-state index is 0.0734. The molecule has 0 bridgehead atoms. The molecule has 0 amide bonds. The number of fused-ring (bicyclic) bond motifs is 1. The largest absolute Gasteiger partial charge is 0.476 e. The highest BCUT2D eigenvalue weighted by molar-refractivity contribution is 5.84. The quantitative estimate of drug-likeness (QED) is 0.861. The first-order valence-corrected chi connectivity index (χ1v) is 5.24. The molecule has 92 valence electrons. The molecule has 2 heterocycles. The van der Waals surface area contributed by atoms with Crippen molar-refractivity contribution < 1.29 is 19.4 Å². The van der Waals surface area contributed by atoms with Crippen LogP contribution in [-0.2, 0) is 6.54 Å². The fraction of sp³-hybridized carbons (Fsp3) is 0.182. The number of carboxylic acid groups (broad SMARTS) is 1. The van der Waals surface area contributed by atoms with Gasteiger partial charge in [0.1, 0.15) is 0 Å². The number of hydrogen-bond donors (Lipinski definition) is 1. The summed E-state index contributed by atoms with van der Waals surface area (Å²) in [6.07, 6.45) is 1.22. The van der Waals surface area contributed by atoms with Gasteiger partial charge in [-0.1, -0.05) is 6.07 Å². The van der Waals surface area contributed by atoms with Crippen LogP contribution in [0.25, 0.3) is 0 Å². The smallest absolute Gasteiger partial charge is 0.358 e. The van der Waals surface area contributed by atoms with E-state index in [2.05, 4.69) is 10.2 Å². The van der Waals surface area contributed by atoms with Gasteiger partial charge in [0.15, 0.2) is 17.2 Å². The number of hydrogen-bond acceptors (Lipinski definition) is 5. The second-order valence-electron chi connectivity index (χ2n) is 3.75. The maximum Gasteiger partial charge on any atom is 0.358 e. The number of carboxylic acids is 1. The molecule has 7 nitrogen and oxygen atoms in total. The lowest BCUT2D eigenvalue weighted by atomic mass is 10.2. The van der Waals surface area contributed by atoms with Gasteiger partial charge in [0, 0.05) is 0 Å². The Kier molecular flexibility index (Phi) is 2.36. The summed E-state index contributed by atoms with van der Waals surface area (Å²) in [6, 6.07) is 5.49. The molecule has 1 aliphatic heterocycles. The predicted octanol–water partition coefficient (Wildman–Crippen LogP) is 0.753. The molecule has 0 unspecified atom stereocenters. The first-order valence-electron chi connectivity index (χ1n) is 5.24. The molecular weight excluding hydrogens is 238 g/mol. The number of rotatable bonds is 3. The molecule has 0 saturated carbocycles. The van der Waals surface area contributed by atoms with Crippen LogP contribution < -0.4 is 9.47 Å². The van der Waals surface area contributed by atoms with Crippen molar-refractivity contribution in [3.05, 3.63) is 35.7 Å². The number of nitrogens with zero attached hydrogens (tertiary/aromatic N) is 3. The van der Waals surface area contributed by atoms with Gasteiger partial charge in [-0.25, -0.2) is 4.79 Å². The summed E-state index contributed by atoms with van der Waals surface area (Å²) in [5.41, 5.74) is 0.836. The third-order valence-corrected chi connectivity index (χ3v) is 2.52. The Morgan fingerprint density at radius 3 is 3.00 bits per heavy atom. The Labute approximate surface area is 102 Å². The lowest BCUT2D eigenvalue weighted by Gasteiger charge is -2.02. The topological polar surface area (TPSA) is 86.5 Å². The predicted molar refractivity (Wildman–Crippen MR) is 58.6 cm³/mol. The monoisotopic (exact) mass is 247 g/mol. The Morgan fingerprint density at radius 1 is 1.39 bits per heavy atom. The zero-order valence-corrected chi connectivity index (χ0v) is 9.24. The van der Waals surface area contributed by atoms with Crippen LogP contribution in [0.3, 0.4) is 0 Å². The maximum absolute atomic E-state index is 10.7. The lowest BCUT2D eigenvalue weighted by molar-refractivity contribution is 0.0689. The van der Waals surface area contributed by atoms with Crippen LogP contribution in [0.15, 0.2) is 24.4 Å². The molecule has 1 aromatic carbocycles. The van der Waals surface area contributed by atoms with Gasteiger partial charge in [-0.05, 0) is 17.7 Å². The van der Waals surface area contributed by atoms with Gasteiger partial charge in [0.2, 0.25) is 6.79 Å². The molecule has 1 aliphatic rings. The van der Waals surface area contributed by atoms with Crippen molar-refractivity contribution in [2.75, 3.05) is 6.79 Å². The molecule has 7 heteroatoms. The summed E-state index contributed by atoms with van der Waals surface area (Å²) in [5, 5.41) is 16.5. The van der Waals surface area contributed by atoms with Crippen molar-refractivity contribution >= 4 is 5.97 Å². The molecule has 0 fully saturated rings. The van der Waals surface area contributed by atoms with Crippen molar-refractivity contribution in [3.8, 4) is 11.5 Å². The number of benzene rings is 1. The van der Waals surface area contributed by atoms with E-state index in [1.165, 1.54) is 11.0 Å². The standard InChI is InChI=1S/C11H9N3O4/c15-11(16)8-4-12-14(13-8)5-7-1-2-9-10(3-7)18-6-17-9/h1-4H,5-6H2,(H,15,16). The van der Waals surface area contributed by atoms with Gasteiger partial charge in [-0.15, -0.1) is 5.10 Å². The van der Waals surface area contributed by atoms with E-state index in [4.69, 9.17) is 14.6 Å². The molecule has 0 saturated heterocycles. The van der Waals surface area contributed by atoms with Gasteiger partial charge in [-0.3, -0.25) is 0 Å². The van der Waals surface area contributed by atoms with Gasteiger partial charge >= 0.3 is 5.97 Å². The van der Waals surface area contributed by atoms with Crippen molar-refractivity contribution in [1.82, 2.24) is 15.0 Å². The van der Waals surface area contributed by atoms with Gasteiger partial charge in [-0.2, -0.15) is 9.90 Å². The van der Waals surface area contributed by atoms with Gasteiger partial charge < -0.3 is 14.6 Å². The molecule has 0 aliphatic carbocycles. The van der Waals surface area contributed by atoms with E-state index in [1.807, 2.05) is 12.1 Å². The van der Waals surface area contributed by atoms with Crippen LogP contribution >= 0.6 is 0 Å². The average Bonchev–Trinajstić information content (AvgIpc) is 2.96. The summed E-state index contributed by atoms with van der Waals surface area (Å²) in [4.78, 5) is 12.0. The third kappa shape index (κ3) is 1.86. The molecule has 3 rings (SSSR count). The van der Waals surface area contributed by atoms with Crippen molar-refractivity contribution in [2.45, 2.75) is 6.54 Å². The van der Waals surface area contributed by atoms with E-state index in [9.17, 15) is 4.79 Å². The number of ether oxygens (including phenoxy) is 2. The van der Waals surface area contributed by atoms with E-state index in [-0.39, 0.29) is 12.5 Å². The SMILES string of the molecule is O=C(O)c1cnn(Cc2ccc3c(c2)OCO3)n1. The molecule has 1 aromatic heterocycles. The van der Waals surface area contributed by atoms with Crippen molar-refractivity contribution in [2.24, 2.45) is 0 Å². The summed E-state index contributed by atoms with van der Waals surface area (Å²) in [7, 11) is 0. The second-order valence-corrected chi connectivity index (χ2v) is 3.75. The molecule has 0 radical (unpaired) electrons. The molecule has 2 aromatic rings. The highest BCUT2D eigenvalue weighted by atomic mass is 16.7. The van der Waals surface area contributed by atoms with Crippen LogP contribution in [0, 0.1) is 0 Å². The van der Waals surface area contributed by atoms with E-state index < -0.39 is 5.97 Å². The number of aromatic carboxylic acids is 1. The lowest BCUT2D eigenvalue weighted by Crippen LogP contribution is -2.05. The first-order chi connectivity index (χ1) is 8.72. The fourth-order valence-electron chi connectivity index (χ4n) is 1.67. The molecule has 0 atom stereocenters. The Balaban J connectivity index is 1.81. The Bertz CT molecular complexity index is 608. The fourth-order valence-corrected chi connectivity index (χ4v) is 1.67. The normalized spacial score (nSPS) is 12.7. The summed E-state index contributed by atoms with van der Waals surface area (Å²) in [5.74, 6) is 0.295. The molecule has 18 heavy (non-hydrogen) atoms. The van der Waals surface area contributed by atoms with Gasteiger partial charge in [0.05, 0.1) is 12.7 Å². The van der Waals surface area contributed by atoms with E-state index in [1.54, 1.807) is 6.07 Å². The zero-order valence-electron chi connectivity index (χ0n) is 9.24. The van der Waals surface area contributed by atoms with E-state index >= 15 is 0 Å². The minimum atomic E-state index is -1.09. The Morgan fingerprint density at radius 2 is 2.22 bits per heavy atom. The Hall–Kier alpha value is -2.57. The van der Waals surface area contributed by atoms with Crippen LogP contribution in [0.4, 0.5) is 0 Å². The summed E-state index contributed by atoms with van der Waals surface area (Å²) < 4.78 is 10.5. The first kappa shape index (κ1) is 10.6. The minimum Gasteiger partial charge on any atom is -0.476 e. The average molecular weight is 247 g/mol. The van der Waals surface area contributed by atoms with Crippen LogP contribution in [0.2, 0.25) is 0 Å². The van der Waals surface area contributed by atoms with Crippen molar-refractivity contribution in [3.63, 3.8) is 0 Å². The summed E-state index contributed by atoms with van der Waals surface area (Å²) >= 11 is 0. The highest BCUT2D eigenvalue weighted by Gasteiger charge is 2.14. The molecule has 1 N–H and O–H groups in total. The van der Waals surface area contributed by atoms with Gasteiger partial charge in [0.25, 0.3) is 0 Å². The molecule has 0 spiro atoms. The molecular formula is C11H9N3O4. The van der Waals surface area contributed by atoms with E-state index in [0.717, 1.165) is 5.56 Å². The van der Waals surface area contributed by atoms with Crippen LogP contribution in [0.1, 0.15) is 16.1 Å². The summed E-state index contributed by atoms with van der Waals surface area (Å²) in [6.45, 7) is 0.603. The number of aromatic nitrogens is 3. The third-order valence-electron chi connectivity index (χ3n) is 2.52. The van der Waals surface area contributed by atoms with Crippen molar-refractivity contribution in [1.29, 1.82) is 0 Å². The van der Waals surface area contributed by atoms with Crippen LogP contribution in [0.5, 0.6) is 11.5 Å². The zero-order chi connectivity index (χ0) is 12.5. The maximum atomic E-state index is 10.7. The highest BCUT2D eigenvalue weighted by Crippen LogP contribution is 2.32.